The molecule has 9 nitrogen and oxygen atoms in total. The summed E-state index contributed by atoms with van der Waals surface area (Å²) in [6, 6.07) is 15.7. The van der Waals surface area contributed by atoms with Crippen molar-refractivity contribution in [3.8, 4) is 11.5 Å². The smallest absolute Gasteiger partial charge is 0.251 e. The standard InChI is InChI=1S/C36H38ClN7O2/c1-6-25-19-30-31(41-34(25)45)18-24(20-39-30)17-23-13-15-44(16-14-23)27-9-7-26(8-10-27)35-42-43-36(46-35)33(21(2)3)40-28-11-12-29(38-5)32(37)22(28)4/h7-12,18-21,23,33,40H,6,13-17H2,1-4H3,(H,41,45)/t33-/m1/s1. The summed E-state index contributed by atoms with van der Waals surface area (Å²) >= 11 is 6.41. The van der Waals surface area contributed by atoms with Crippen LogP contribution in [0.2, 0.25) is 5.02 Å². The van der Waals surface area contributed by atoms with Gasteiger partial charge in [0.1, 0.15) is 6.04 Å². The van der Waals surface area contributed by atoms with E-state index in [1.54, 1.807) is 6.07 Å². The number of anilines is 2. The van der Waals surface area contributed by atoms with Gasteiger partial charge >= 0.3 is 0 Å². The molecule has 0 spiro atoms. The van der Waals surface area contributed by atoms with Crippen LogP contribution in [0.5, 0.6) is 0 Å². The number of aromatic nitrogens is 4. The number of piperidine rings is 1. The highest BCUT2D eigenvalue weighted by atomic mass is 35.5. The van der Waals surface area contributed by atoms with Gasteiger partial charge in [0.25, 0.3) is 5.56 Å². The maximum atomic E-state index is 12.3. The van der Waals surface area contributed by atoms with Crippen LogP contribution in [0.1, 0.15) is 62.2 Å². The highest BCUT2D eigenvalue weighted by Gasteiger charge is 2.25. The average Bonchev–Trinajstić information content (AvgIpc) is 3.55. The number of aromatic amines is 1. The molecule has 2 N–H and O–H groups in total. The van der Waals surface area contributed by atoms with Crippen molar-refractivity contribution in [2.24, 2.45) is 11.8 Å². The fourth-order valence-corrected chi connectivity index (χ4v) is 6.36. The van der Waals surface area contributed by atoms with Gasteiger partial charge in [-0.1, -0.05) is 38.4 Å². The molecular formula is C36H38ClN7O2. The summed E-state index contributed by atoms with van der Waals surface area (Å²) < 4.78 is 6.18. The second-order valence-electron chi connectivity index (χ2n) is 12.4. The van der Waals surface area contributed by atoms with Gasteiger partial charge in [0.2, 0.25) is 17.5 Å². The number of rotatable bonds is 9. The Kier molecular flexibility index (Phi) is 9.09. The Morgan fingerprint density at radius 2 is 1.89 bits per heavy atom. The topological polar surface area (TPSA) is 104 Å². The predicted molar refractivity (Wildman–Crippen MR) is 184 cm³/mol. The van der Waals surface area contributed by atoms with Crippen LogP contribution < -0.4 is 15.8 Å². The Bertz CT molecular complexity index is 1950. The lowest BCUT2D eigenvalue weighted by atomic mass is 9.90. The molecule has 46 heavy (non-hydrogen) atoms. The molecule has 1 aliphatic rings. The summed E-state index contributed by atoms with van der Waals surface area (Å²) in [4.78, 5) is 25.8. The normalized spacial score (nSPS) is 14.5. The van der Waals surface area contributed by atoms with E-state index in [-0.39, 0.29) is 17.5 Å². The van der Waals surface area contributed by atoms with Crippen molar-refractivity contribution in [2.75, 3.05) is 23.3 Å². The maximum absolute atomic E-state index is 12.3. The number of nitrogens with zero attached hydrogens (tertiary/aromatic N) is 5. The molecule has 0 radical (unpaired) electrons. The molecule has 1 atom stereocenters. The van der Waals surface area contributed by atoms with E-state index in [4.69, 9.17) is 22.6 Å². The highest BCUT2D eigenvalue weighted by molar-refractivity contribution is 6.34. The lowest BCUT2D eigenvalue weighted by Gasteiger charge is -2.33. The molecular weight excluding hydrogens is 598 g/mol. The molecule has 0 unspecified atom stereocenters. The second-order valence-corrected chi connectivity index (χ2v) is 12.8. The minimum atomic E-state index is -0.225. The maximum Gasteiger partial charge on any atom is 0.251 e. The molecule has 2 aromatic carbocycles. The van der Waals surface area contributed by atoms with Crippen molar-refractivity contribution in [2.45, 2.75) is 59.4 Å². The number of benzene rings is 2. The minimum absolute atomic E-state index is 0.0223. The van der Waals surface area contributed by atoms with Crippen molar-refractivity contribution in [1.82, 2.24) is 20.2 Å². The largest absolute Gasteiger partial charge is 0.418 e. The number of hydrogen-bond donors (Lipinski definition) is 2. The van der Waals surface area contributed by atoms with Gasteiger partial charge in [0, 0.05) is 41.8 Å². The predicted octanol–water partition coefficient (Wildman–Crippen LogP) is 8.32. The van der Waals surface area contributed by atoms with Crippen LogP contribution in [0.25, 0.3) is 27.3 Å². The monoisotopic (exact) mass is 635 g/mol. The molecule has 0 aliphatic carbocycles. The first-order valence-electron chi connectivity index (χ1n) is 15.9. The number of hydrogen-bond acceptors (Lipinski definition) is 7. The van der Waals surface area contributed by atoms with Gasteiger partial charge in [-0.15, -0.1) is 10.2 Å². The lowest BCUT2D eigenvalue weighted by molar-refractivity contribution is 0.403. The van der Waals surface area contributed by atoms with Crippen molar-refractivity contribution in [3.05, 3.63) is 104 Å². The first-order valence-corrected chi connectivity index (χ1v) is 16.2. The van der Waals surface area contributed by atoms with E-state index in [1.807, 2.05) is 44.3 Å². The Balaban J connectivity index is 1.08. The van der Waals surface area contributed by atoms with E-state index in [1.165, 1.54) is 11.3 Å². The van der Waals surface area contributed by atoms with E-state index >= 15 is 0 Å². The van der Waals surface area contributed by atoms with Crippen LogP contribution in [0.3, 0.4) is 0 Å². The van der Waals surface area contributed by atoms with Crippen molar-refractivity contribution in [1.29, 1.82) is 0 Å². The lowest BCUT2D eigenvalue weighted by Crippen LogP contribution is -2.34. The first-order chi connectivity index (χ1) is 22.2. The van der Waals surface area contributed by atoms with Gasteiger partial charge in [-0.25, -0.2) is 4.85 Å². The van der Waals surface area contributed by atoms with Crippen LogP contribution in [0, 0.1) is 25.3 Å². The number of nitrogens with one attached hydrogen (secondary N) is 2. The zero-order valence-electron chi connectivity index (χ0n) is 26.6. The van der Waals surface area contributed by atoms with Gasteiger partial charge in [0.15, 0.2) is 0 Å². The van der Waals surface area contributed by atoms with E-state index < -0.39 is 0 Å². The van der Waals surface area contributed by atoms with Crippen LogP contribution in [-0.2, 0) is 12.8 Å². The average molecular weight is 636 g/mol. The Labute approximate surface area is 273 Å². The summed E-state index contributed by atoms with van der Waals surface area (Å²) in [6.45, 7) is 17.3. The molecule has 0 saturated carbocycles. The fourth-order valence-electron chi connectivity index (χ4n) is 6.16. The SMILES string of the molecule is [C-]#[N+]c1ccc(N[C@@H](c2nnc(-c3ccc(N4CCC(Cc5cnc6cc(CC)c(=O)[nH]c6c5)CC4)cc3)o2)C(C)C)c(C)c1Cl. The summed E-state index contributed by atoms with van der Waals surface area (Å²) in [6.07, 6.45) is 5.79. The van der Waals surface area contributed by atoms with E-state index in [9.17, 15) is 4.79 Å². The zero-order valence-corrected chi connectivity index (χ0v) is 27.4. The van der Waals surface area contributed by atoms with Gasteiger partial charge in [-0.2, -0.15) is 0 Å². The molecule has 4 heterocycles. The third kappa shape index (κ3) is 6.49. The van der Waals surface area contributed by atoms with E-state index in [2.05, 4.69) is 67.3 Å². The Hall–Kier alpha value is -4.68. The quantitative estimate of drug-likeness (QED) is 0.157. The molecule has 1 aliphatic heterocycles. The number of halogens is 1. The van der Waals surface area contributed by atoms with Gasteiger partial charge < -0.3 is 19.6 Å². The Morgan fingerprint density at radius 3 is 2.59 bits per heavy atom. The summed E-state index contributed by atoms with van der Waals surface area (Å²) in [5.41, 5.74) is 7.70. The number of H-pyrrole nitrogens is 1. The third-order valence-electron chi connectivity index (χ3n) is 9.00. The van der Waals surface area contributed by atoms with Crippen LogP contribution in [0.15, 0.2) is 63.9 Å². The van der Waals surface area contributed by atoms with Gasteiger partial charge in [-0.05, 0) is 98.0 Å². The molecule has 1 saturated heterocycles. The second kappa shape index (κ2) is 13.4. The molecule has 1 fully saturated rings. The highest BCUT2D eigenvalue weighted by Crippen LogP contribution is 2.36. The van der Waals surface area contributed by atoms with Crippen LogP contribution in [0.4, 0.5) is 17.1 Å². The fraction of sp³-hybridized carbons (Fsp3) is 0.361. The summed E-state index contributed by atoms with van der Waals surface area (Å²) in [5, 5.41) is 12.7. The molecule has 236 valence electrons. The van der Waals surface area contributed by atoms with Crippen LogP contribution in [-0.4, -0.2) is 33.3 Å². The van der Waals surface area contributed by atoms with Crippen molar-refractivity contribution >= 4 is 39.7 Å². The van der Waals surface area contributed by atoms with Crippen molar-refractivity contribution in [3.63, 3.8) is 0 Å². The molecule has 0 bridgehead atoms. The van der Waals surface area contributed by atoms with E-state index in [0.29, 0.717) is 34.8 Å². The number of aryl methyl sites for hydroxylation is 1. The van der Waals surface area contributed by atoms with Crippen molar-refractivity contribution < 1.29 is 4.42 Å². The molecule has 3 aromatic heterocycles. The van der Waals surface area contributed by atoms with E-state index in [0.717, 1.165) is 65.8 Å². The summed E-state index contributed by atoms with van der Waals surface area (Å²) in [7, 11) is 0. The molecule has 0 amide bonds. The van der Waals surface area contributed by atoms with Gasteiger partial charge in [0.05, 0.1) is 22.6 Å². The zero-order chi connectivity index (χ0) is 32.4. The Morgan fingerprint density at radius 1 is 1.13 bits per heavy atom. The minimum Gasteiger partial charge on any atom is -0.418 e. The number of fused-ring (bicyclic) bond motifs is 1. The molecule has 5 aromatic rings. The molecule has 6 rings (SSSR count). The first kappa shape index (κ1) is 31.3. The van der Waals surface area contributed by atoms with Gasteiger partial charge in [-0.3, -0.25) is 9.78 Å². The molecule has 10 heteroatoms. The summed E-state index contributed by atoms with van der Waals surface area (Å²) in [5.74, 6) is 1.70. The number of pyridine rings is 2. The van der Waals surface area contributed by atoms with Crippen LogP contribution >= 0.6 is 11.6 Å². The third-order valence-corrected chi connectivity index (χ3v) is 9.47.